The zero-order chi connectivity index (χ0) is 9.97. The van der Waals surface area contributed by atoms with Crippen LogP contribution in [0.15, 0.2) is 23.5 Å². The van der Waals surface area contributed by atoms with Gasteiger partial charge in [0.2, 0.25) is 0 Å². The molecule has 1 aromatic rings. The first kappa shape index (κ1) is 8.68. The van der Waals surface area contributed by atoms with E-state index >= 15 is 0 Å². The summed E-state index contributed by atoms with van der Waals surface area (Å²) in [5, 5.41) is 12.6. The number of hydrogen-bond donors (Lipinski definition) is 1. The van der Waals surface area contributed by atoms with Gasteiger partial charge in [0.1, 0.15) is 18.0 Å². The molecule has 2 rings (SSSR count). The molecule has 0 fully saturated rings. The van der Waals surface area contributed by atoms with Crippen LogP contribution in [0.1, 0.15) is 22.5 Å². The lowest BCUT2D eigenvalue weighted by molar-refractivity contribution is 0.0696. The highest BCUT2D eigenvalue weighted by molar-refractivity contribution is 6.07. The van der Waals surface area contributed by atoms with Crippen LogP contribution in [0, 0.1) is 0 Å². The van der Waals surface area contributed by atoms with Crippen molar-refractivity contribution in [1.82, 2.24) is 4.98 Å². The highest BCUT2D eigenvalue weighted by Crippen LogP contribution is 2.13. The number of rotatable bonds is 2. The number of aromatic nitrogens is 1. The molecule has 0 amide bonds. The maximum absolute atomic E-state index is 10.8. The molecule has 1 aromatic heterocycles. The van der Waals surface area contributed by atoms with Crippen molar-refractivity contribution in [2.45, 2.75) is 6.42 Å². The molecule has 0 spiro atoms. The Hall–Kier alpha value is -1.91. The number of aromatic carboxylic acids is 1. The molecule has 72 valence electrons. The number of hydrogen-bond acceptors (Lipinski definition) is 4. The van der Waals surface area contributed by atoms with Crippen LogP contribution in [-0.4, -0.2) is 28.4 Å². The van der Waals surface area contributed by atoms with Crippen LogP contribution < -0.4 is 0 Å². The second-order valence-electron chi connectivity index (χ2n) is 2.83. The summed E-state index contributed by atoms with van der Waals surface area (Å²) in [7, 11) is 0. The Balaban J connectivity index is 2.46. The summed E-state index contributed by atoms with van der Waals surface area (Å²) in [6.45, 7) is 0.491. The van der Waals surface area contributed by atoms with Crippen molar-refractivity contribution in [2.75, 3.05) is 6.61 Å². The van der Waals surface area contributed by atoms with Gasteiger partial charge in [0.05, 0.1) is 5.56 Å². The average molecular weight is 192 g/mol. The molecule has 0 atom stereocenters. The van der Waals surface area contributed by atoms with Gasteiger partial charge in [-0.25, -0.2) is 4.79 Å². The zero-order valence-corrected chi connectivity index (χ0v) is 7.30. The number of carboxylic acid groups (broad SMARTS) is 1. The van der Waals surface area contributed by atoms with Crippen LogP contribution in [0.25, 0.3) is 0 Å². The van der Waals surface area contributed by atoms with Crippen LogP contribution in [0.5, 0.6) is 0 Å². The molecule has 0 aromatic carbocycles. The lowest BCUT2D eigenvalue weighted by atomic mass is 10.1. The lowest BCUT2D eigenvalue weighted by Gasteiger charge is -2.01. The van der Waals surface area contributed by atoms with E-state index in [1.807, 2.05) is 0 Å². The number of carbonyl (C=O) groups is 1. The summed E-state index contributed by atoms with van der Waals surface area (Å²) >= 11 is 0. The van der Waals surface area contributed by atoms with E-state index in [2.05, 4.69) is 10.1 Å². The van der Waals surface area contributed by atoms with E-state index in [4.69, 9.17) is 9.94 Å². The number of oxime groups is 1. The van der Waals surface area contributed by atoms with Crippen molar-refractivity contribution >= 4 is 11.7 Å². The number of carboxylic acids is 1. The van der Waals surface area contributed by atoms with Crippen molar-refractivity contribution in [2.24, 2.45) is 5.16 Å². The standard InChI is InChI=1S/C9H8N2O3/c12-9(13)6-2-1-4-10-8(6)7-3-5-14-11-7/h1-2,4H,3,5H2,(H,12,13). The van der Waals surface area contributed by atoms with Crippen molar-refractivity contribution in [3.05, 3.63) is 29.6 Å². The molecule has 0 radical (unpaired) electrons. The van der Waals surface area contributed by atoms with Gasteiger partial charge in [-0.05, 0) is 12.1 Å². The Labute approximate surface area is 80.0 Å². The first-order valence-electron chi connectivity index (χ1n) is 4.16. The van der Waals surface area contributed by atoms with Crippen molar-refractivity contribution in [1.29, 1.82) is 0 Å². The van der Waals surface area contributed by atoms with E-state index in [9.17, 15) is 4.79 Å². The lowest BCUT2D eigenvalue weighted by Crippen LogP contribution is -2.10. The molecule has 5 heteroatoms. The second kappa shape index (κ2) is 3.45. The maximum Gasteiger partial charge on any atom is 0.337 e. The third-order valence-electron chi connectivity index (χ3n) is 1.92. The van der Waals surface area contributed by atoms with Crippen molar-refractivity contribution in [3.8, 4) is 0 Å². The van der Waals surface area contributed by atoms with Gasteiger partial charge in [-0.2, -0.15) is 0 Å². The Morgan fingerprint density at radius 2 is 2.43 bits per heavy atom. The minimum Gasteiger partial charge on any atom is -0.478 e. The normalized spacial score (nSPS) is 14.7. The van der Waals surface area contributed by atoms with Gasteiger partial charge in [-0.3, -0.25) is 4.98 Å². The van der Waals surface area contributed by atoms with E-state index in [1.165, 1.54) is 6.07 Å². The summed E-state index contributed by atoms with van der Waals surface area (Å²) in [6, 6.07) is 3.09. The van der Waals surface area contributed by atoms with E-state index in [1.54, 1.807) is 12.3 Å². The van der Waals surface area contributed by atoms with E-state index in [0.29, 0.717) is 24.4 Å². The van der Waals surface area contributed by atoms with E-state index in [0.717, 1.165) is 0 Å². The molecule has 5 nitrogen and oxygen atoms in total. The molecule has 0 unspecified atom stereocenters. The molecule has 14 heavy (non-hydrogen) atoms. The summed E-state index contributed by atoms with van der Waals surface area (Å²) in [5.41, 5.74) is 1.16. The minimum absolute atomic E-state index is 0.164. The highest BCUT2D eigenvalue weighted by atomic mass is 16.6. The first-order chi connectivity index (χ1) is 6.79. The molecule has 0 bridgehead atoms. The first-order valence-corrected chi connectivity index (χ1v) is 4.16. The Kier molecular flexibility index (Phi) is 2.14. The van der Waals surface area contributed by atoms with E-state index < -0.39 is 5.97 Å². The van der Waals surface area contributed by atoms with Crippen LogP contribution in [0.4, 0.5) is 0 Å². The van der Waals surface area contributed by atoms with Crippen molar-refractivity contribution < 1.29 is 14.7 Å². The van der Waals surface area contributed by atoms with Gasteiger partial charge in [0.25, 0.3) is 0 Å². The number of pyridine rings is 1. The molecule has 0 saturated carbocycles. The summed E-state index contributed by atoms with van der Waals surface area (Å²) in [6.07, 6.45) is 2.15. The summed E-state index contributed by atoms with van der Waals surface area (Å²) in [5.74, 6) is -0.997. The molecular weight excluding hydrogens is 184 g/mol. The fraction of sp³-hybridized carbons (Fsp3) is 0.222. The molecule has 1 aliphatic heterocycles. The van der Waals surface area contributed by atoms with Gasteiger partial charge in [-0.15, -0.1) is 0 Å². The highest BCUT2D eigenvalue weighted by Gasteiger charge is 2.19. The van der Waals surface area contributed by atoms with Crippen molar-refractivity contribution in [3.63, 3.8) is 0 Å². The van der Waals surface area contributed by atoms with E-state index in [-0.39, 0.29) is 5.56 Å². The Morgan fingerprint density at radius 1 is 1.57 bits per heavy atom. The monoisotopic (exact) mass is 192 g/mol. The quantitative estimate of drug-likeness (QED) is 0.755. The van der Waals surface area contributed by atoms with Gasteiger partial charge in [0.15, 0.2) is 0 Å². The average Bonchev–Trinajstić information content (AvgIpc) is 2.70. The third-order valence-corrected chi connectivity index (χ3v) is 1.92. The van der Waals surface area contributed by atoms with Crippen LogP contribution in [-0.2, 0) is 4.84 Å². The predicted octanol–water partition coefficient (Wildman–Crippen LogP) is 0.904. The van der Waals surface area contributed by atoms with Gasteiger partial charge in [-0.1, -0.05) is 5.16 Å². The van der Waals surface area contributed by atoms with Crippen LogP contribution in [0.2, 0.25) is 0 Å². The molecule has 1 aliphatic rings. The predicted molar refractivity (Wildman–Crippen MR) is 48.3 cm³/mol. The van der Waals surface area contributed by atoms with Gasteiger partial charge in [0, 0.05) is 12.6 Å². The fourth-order valence-electron chi connectivity index (χ4n) is 1.28. The van der Waals surface area contributed by atoms with Crippen LogP contribution in [0.3, 0.4) is 0 Å². The molecule has 1 N–H and O–H groups in total. The Bertz CT molecular complexity index is 401. The smallest absolute Gasteiger partial charge is 0.337 e. The molecule has 2 heterocycles. The summed E-state index contributed by atoms with van der Waals surface area (Å²) in [4.78, 5) is 19.6. The van der Waals surface area contributed by atoms with Gasteiger partial charge < -0.3 is 9.94 Å². The maximum atomic E-state index is 10.8. The zero-order valence-electron chi connectivity index (χ0n) is 7.30. The Morgan fingerprint density at radius 3 is 3.07 bits per heavy atom. The number of nitrogens with zero attached hydrogens (tertiary/aromatic N) is 2. The third kappa shape index (κ3) is 1.44. The summed E-state index contributed by atoms with van der Waals surface area (Å²) < 4.78 is 0. The van der Waals surface area contributed by atoms with Gasteiger partial charge >= 0.3 is 5.97 Å². The largest absolute Gasteiger partial charge is 0.478 e. The van der Waals surface area contributed by atoms with Crippen LogP contribution >= 0.6 is 0 Å². The molecule has 0 aliphatic carbocycles. The topological polar surface area (TPSA) is 71.8 Å². The molecular formula is C9H8N2O3. The minimum atomic E-state index is -0.997. The molecule has 0 saturated heterocycles. The second-order valence-corrected chi connectivity index (χ2v) is 2.83. The fourth-order valence-corrected chi connectivity index (χ4v) is 1.28. The SMILES string of the molecule is O=C(O)c1cccnc1C1=NOCC1.